The molecule has 0 radical (unpaired) electrons. The summed E-state index contributed by atoms with van der Waals surface area (Å²) in [6.07, 6.45) is 5.18. The number of methoxy groups -OCH3 is 2. The molecule has 0 heterocycles. The second-order valence-electron chi connectivity index (χ2n) is 4.05. The van der Waals surface area contributed by atoms with E-state index in [9.17, 15) is 9.90 Å². The van der Waals surface area contributed by atoms with Crippen LogP contribution in [0.25, 0.3) is 0 Å². The normalized spacial score (nSPS) is 13.2. The zero-order chi connectivity index (χ0) is 14.5. The molecule has 0 fully saturated rings. The van der Waals surface area contributed by atoms with Crippen LogP contribution in [-0.4, -0.2) is 31.8 Å². The summed E-state index contributed by atoms with van der Waals surface area (Å²) in [5, 5.41) is 12.3. The van der Waals surface area contributed by atoms with E-state index in [0.29, 0.717) is 17.1 Å². The fourth-order valence-corrected chi connectivity index (χ4v) is 1.72. The van der Waals surface area contributed by atoms with Gasteiger partial charge in [-0.3, -0.25) is 5.32 Å². The Morgan fingerprint density at radius 3 is 2.63 bits per heavy atom. The lowest BCUT2D eigenvalue weighted by Crippen LogP contribution is -2.47. The second kappa shape index (κ2) is 6.12. The van der Waals surface area contributed by atoms with Gasteiger partial charge in [0, 0.05) is 5.56 Å². The number of hydrogen-bond donors (Lipinski definition) is 2. The third-order valence-corrected chi connectivity index (χ3v) is 2.92. The van der Waals surface area contributed by atoms with Crippen LogP contribution in [-0.2, 0) is 10.3 Å². The second-order valence-corrected chi connectivity index (χ2v) is 4.05. The zero-order valence-corrected chi connectivity index (χ0v) is 11.2. The summed E-state index contributed by atoms with van der Waals surface area (Å²) in [5.41, 5.74) is -0.899. The van der Waals surface area contributed by atoms with Gasteiger partial charge in [0.05, 0.1) is 20.8 Å². The fraction of sp³-hybridized carbons (Fsp3) is 0.357. The van der Waals surface area contributed by atoms with E-state index in [0.717, 1.165) is 0 Å². The maximum atomic E-state index is 11.6. The van der Waals surface area contributed by atoms with Crippen LogP contribution in [0.2, 0.25) is 0 Å². The lowest BCUT2D eigenvalue weighted by atomic mass is 9.90. The molecule has 2 N–H and O–H groups in total. The van der Waals surface area contributed by atoms with Crippen LogP contribution < -0.4 is 14.8 Å². The predicted molar refractivity (Wildman–Crippen MR) is 71.4 cm³/mol. The Hall–Kier alpha value is -2.19. The van der Waals surface area contributed by atoms with Gasteiger partial charge in [0.1, 0.15) is 17.0 Å². The van der Waals surface area contributed by atoms with Crippen molar-refractivity contribution in [3.63, 3.8) is 0 Å². The Labute approximate surface area is 112 Å². The number of rotatable bonds is 6. The summed E-state index contributed by atoms with van der Waals surface area (Å²) in [7, 11) is 2.99. The summed E-state index contributed by atoms with van der Waals surface area (Å²) in [4.78, 5) is 11.6. The molecule has 0 saturated heterocycles. The van der Waals surface area contributed by atoms with E-state index in [1.807, 2.05) is 0 Å². The van der Waals surface area contributed by atoms with Gasteiger partial charge >= 0.3 is 5.97 Å². The number of nitrogens with one attached hydrogen (secondary N) is 1. The van der Waals surface area contributed by atoms with Crippen LogP contribution >= 0.6 is 0 Å². The largest absolute Gasteiger partial charge is 0.497 e. The van der Waals surface area contributed by atoms with E-state index in [-0.39, 0.29) is 6.54 Å². The van der Waals surface area contributed by atoms with Crippen molar-refractivity contribution in [1.29, 1.82) is 0 Å². The van der Waals surface area contributed by atoms with Crippen LogP contribution in [0.15, 0.2) is 18.2 Å². The Balaban J connectivity index is 3.36. The van der Waals surface area contributed by atoms with Crippen LogP contribution in [0.4, 0.5) is 0 Å². The number of carboxylic acid groups (broad SMARTS) is 1. The Morgan fingerprint density at radius 2 is 2.16 bits per heavy atom. The minimum Gasteiger partial charge on any atom is -0.497 e. The molecule has 0 amide bonds. The minimum atomic E-state index is -1.35. The Bertz CT molecular complexity index is 507. The number of terminal acetylenes is 1. The average Bonchev–Trinajstić information content (AvgIpc) is 2.43. The summed E-state index contributed by atoms with van der Waals surface area (Å²) in [5.74, 6) is 2.32. The molecule has 0 bridgehead atoms. The summed E-state index contributed by atoms with van der Waals surface area (Å²) in [6, 6.07) is 4.98. The molecule has 1 aromatic rings. The highest BCUT2D eigenvalue weighted by molar-refractivity contribution is 5.81. The number of ether oxygens (including phenoxy) is 2. The molecule has 5 nitrogen and oxygen atoms in total. The van der Waals surface area contributed by atoms with Gasteiger partial charge in [-0.25, -0.2) is 4.79 Å². The van der Waals surface area contributed by atoms with Crippen molar-refractivity contribution in [2.75, 3.05) is 20.8 Å². The number of hydrogen-bond acceptors (Lipinski definition) is 4. The van der Waals surface area contributed by atoms with Gasteiger partial charge in [-0.2, -0.15) is 0 Å². The maximum Gasteiger partial charge on any atom is 0.328 e. The smallest absolute Gasteiger partial charge is 0.328 e. The lowest BCUT2D eigenvalue weighted by Gasteiger charge is -2.28. The van der Waals surface area contributed by atoms with Crippen LogP contribution in [0.5, 0.6) is 11.5 Å². The summed E-state index contributed by atoms with van der Waals surface area (Å²) < 4.78 is 10.3. The molecule has 1 unspecified atom stereocenters. The molecular weight excluding hydrogens is 246 g/mol. The molecule has 0 spiro atoms. The third kappa shape index (κ3) is 2.98. The average molecular weight is 263 g/mol. The van der Waals surface area contributed by atoms with E-state index < -0.39 is 11.5 Å². The van der Waals surface area contributed by atoms with E-state index in [4.69, 9.17) is 15.9 Å². The van der Waals surface area contributed by atoms with E-state index >= 15 is 0 Å². The predicted octanol–water partition coefficient (Wildman–Crippen LogP) is 1.23. The van der Waals surface area contributed by atoms with E-state index in [2.05, 4.69) is 11.2 Å². The Kier molecular flexibility index (Phi) is 4.79. The van der Waals surface area contributed by atoms with Crippen LogP contribution in [0.1, 0.15) is 12.5 Å². The molecule has 0 saturated carbocycles. The fourth-order valence-electron chi connectivity index (χ4n) is 1.72. The standard InChI is InChI=1S/C14H17NO4/c1-5-8-15-14(2,13(16)17)11-9-10(18-3)6-7-12(11)19-4/h1,6-7,9,15H,8H2,2-4H3,(H,16,17). The van der Waals surface area contributed by atoms with Crippen molar-refractivity contribution in [3.8, 4) is 23.8 Å². The molecule has 1 aromatic carbocycles. The van der Waals surface area contributed by atoms with Crippen molar-refractivity contribution in [3.05, 3.63) is 23.8 Å². The first-order valence-corrected chi connectivity index (χ1v) is 5.64. The molecular formula is C14H17NO4. The highest BCUT2D eigenvalue weighted by Crippen LogP contribution is 2.33. The van der Waals surface area contributed by atoms with Crippen LogP contribution in [0, 0.1) is 12.3 Å². The van der Waals surface area contributed by atoms with Gasteiger partial charge in [0.2, 0.25) is 0 Å². The molecule has 0 aliphatic carbocycles. The van der Waals surface area contributed by atoms with Crippen LogP contribution in [0.3, 0.4) is 0 Å². The van der Waals surface area contributed by atoms with Gasteiger partial charge in [-0.15, -0.1) is 6.42 Å². The lowest BCUT2D eigenvalue weighted by molar-refractivity contribution is -0.144. The van der Waals surface area contributed by atoms with Crippen molar-refractivity contribution in [1.82, 2.24) is 5.32 Å². The van der Waals surface area contributed by atoms with E-state index in [1.54, 1.807) is 18.2 Å². The highest BCUT2D eigenvalue weighted by atomic mass is 16.5. The van der Waals surface area contributed by atoms with Gasteiger partial charge in [-0.1, -0.05) is 5.92 Å². The Morgan fingerprint density at radius 1 is 1.47 bits per heavy atom. The molecule has 19 heavy (non-hydrogen) atoms. The summed E-state index contributed by atoms with van der Waals surface area (Å²) in [6.45, 7) is 1.66. The van der Waals surface area contributed by atoms with Gasteiger partial charge in [0.15, 0.2) is 0 Å². The third-order valence-electron chi connectivity index (χ3n) is 2.92. The maximum absolute atomic E-state index is 11.6. The monoisotopic (exact) mass is 263 g/mol. The van der Waals surface area contributed by atoms with Crippen molar-refractivity contribution in [2.45, 2.75) is 12.5 Å². The number of carboxylic acids is 1. The molecule has 5 heteroatoms. The summed E-state index contributed by atoms with van der Waals surface area (Å²) >= 11 is 0. The molecule has 0 aliphatic heterocycles. The number of carbonyl (C=O) groups is 1. The quantitative estimate of drug-likeness (QED) is 0.755. The molecule has 0 aromatic heterocycles. The molecule has 1 rings (SSSR count). The van der Waals surface area contributed by atoms with Crippen molar-refractivity contribution < 1.29 is 19.4 Å². The van der Waals surface area contributed by atoms with E-state index in [1.165, 1.54) is 21.1 Å². The number of benzene rings is 1. The molecule has 0 aliphatic rings. The van der Waals surface area contributed by atoms with Gasteiger partial charge < -0.3 is 14.6 Å². The highest BCUT2D eigenvalue weighted by Gasteiger charge is 2.37. The number of aliphatic carboxylic acids is 1. The molecule has 102 valence electrons. The topological polar surface area (TPSA) is 67.8 Å². The zero-order valence-electron chi connectivity index (χ0n) is 11.2. The SMILES string of the molecule is C#CCNC(C)(C(=O)O)c1cc(OC)ccc1OC. The van der Waals surface area contributed by atoms with Crippen molar-refractivity contribution in [2.24, 2.45) is 0 Å². The first-order valence-electron chi connectivity index (χ1n) is 5.64. The first kappa shape index (κ1) is 14.9. The minimum absolute atomic E-state index is 0.128. The van der Waals surface area contributed by atoms with Gasteiger partial charge in [0.25, 0.3) is 0 Å². The van der Waals surface area contributed by atoms with Gasteiger partial charge in [-0.05, 0) is 25.1 Å². The first-order chi connectivity index (χ1) is 8.99. The van der Waals surface area contributed by atoms with Crippen molar-refractivity contribution >= 4 is 5.97 Å². The molecule has 1 atom stereocenters.